The molecule has 0 aliphatic heterocycles. The van der Waals surface area contributed by atoms with Crippen molar-refractivity contribution < 1.29 is 4.74 Å². The van der Waals surface area contributed by atoms with Gasteiger partial charge in [0.15, 0.2) is 5.75 Å². The highest BCUT2D eigenvalue weighted by Gasteiger charge is 2.02. The maximum atomic E-state index is 5.47. The molecule has 0 aliphatic carbocycles. The molecule has 0 unspecified atom stereocenters. The molecule has 0 saturated heterocycles. The molecule has 2 aromatic heterocycles. The SMILES string of the molecule is CCCn1cc(Oc2ccnc(N)n2)cn1. The minimum absolute atomic E-state index is 0.193. The lowest BCUT2D eigenvalue weighted by molar-refractivity contribution is 0.461. The van der Waals surface area contributed by atoms with Gasteiger partial charge in [-0.15, -0.1) is 0 Å². The molecular formula is C10H13N5O. The summed E-state index contributed by atoms with van der Waals surface area (Å²) in [5.41, 5.74) is 5.44. The number of nitrogens with two attached hydrogens (primary N) is 1. The molecule has 2 aromatic rings. The van der Waals surface area contributed by atoms with E-state index in [1.807, 2.05) is 10.9 Å². The summed E-state index contributed by atoms with van der Waals surface area (Å²) >= 11 is 0. The Morgan fingerprint density at radius 2 is 2.38 bits per heavy atom. The number of anilines is 1. The van der Waals surface area contributed by atoms with Gasteiger partial charge in [0.2, 0.25) is 11.8 Å². The van der Waals surface area contributed by atoms with Gasteiger partial charge >= 0.3 is 0 Å². The monoisotopic (exact) mass is 219 g/mol. The summed E-state index contributed by atoms with van der Waals surface area (Å²) in [5.74, 6) is 1.26. The van der Waals surface area contributed by atoms with Gasteiger partial charge in [-0.3, -0.25) is 4.68 Å². The zero-order valence-electron chi connectivity index (χ0n) is 9.00. The number of hydrogen-bond acceptors (Lipinski definition) is 5. The van der Waals surface area contributed by atoms with Gasteiger partial charge in [-0.2, -0.15) is 10.1 Å². The van der Waals surface area contributed by atoms with Crippen LogP contribution in [-0.4, -0.2) is 19.7 Å². The summed E-state index contributed by atoms with van der Waals surface area (Å²) in [4.78, 5) is 7.71. The molecule has 0 bridgehead atoms. The number of nitrogen functional groups attached to an aromatic ring is 1. The zero-order chi connectivity index (χ0) is 11.4. The summed E-state index contributed by atoms with van der Waals surface area (Å²) in [7, 11) is 0. The predicted molar refractivity (Wildman–Crippen MR) is 59.0 cm³/mol. The number of hydrogen-bond donors (Lipinski definition) is 1. The molecule has 0 spiro atoms. The van der Waals surface area contributed by atoms with Gasteiger partial charge in [-0.1, -0.05) is 6.92 Å². The highest BCUT2D eigenvalue weighted by Crippen LogP contribution is 2.18. The molecule has 6 heteroatoms. The lowest BCUT2D eigenvalue weighted by atomic mass is 10.5. The third kappa shape index (κ3) is 2.47. The van der Waals surface area contributed by atoms with Crippen molar-refractivity contribution in [2.24, 2.45) is 0 Å². The van der Waals surface area contributed by atoms with Gasteiger partial charge in [0, 0.05) is 18.8 Å². The molecule has 6 nitrogen and oxygen atoms in total. The Hall–Kier alpha value is -2.11. The fourth-order valence-electron chi connectivity index (χ4n) is 1.28. The second-order valence-electron chi connectivity index (χ2n) is 3.29. The van der Waals surface area contributed by atoms with E-state index >= 15 is 0 Å². The number of aryl methyl sites for hydroxylation is 1. The van der Waals surface area contributed by atoms with Gasteiger partial charge in [0.1, 0.15) is 0 Å². The highest BCUT2D eigenvalue weighted by atomic mass is 16.5. The van der Waals surface area contributed by atoms with E-state index in [9.17, 15) is 0 Å². The second kappa shape index (κ2) is 4.61. The summed E-state index contributed by atoms with van der Waals surface area (Å²) < 4.78 is 7.29. The van der Waals surface area contributed by atoms with E-state index in [1.165, 1.54) is 0 Å². The maximum absolute atomic E-state index is 5.47. The first-order chi connectivity index (χ1) is 7.78. The summed E-state index contributed by atoms with van der Waals surface area (Å²) in [5, 5.41) is 4.14. The molecule has 0 amide bonds. The van der Waals surface area contributed by atoms with Crippen LogP contribution in [-0.2, 0) is 6.54 Å². The van der Waals surface area contributed by atoms with E-state index in [-0.39, 0.29) is 5.95 Å². The second-order valence-corrected chi connectivity index (χ2v) is 3.29. The van der Waals surface area contributed by atoms with Gasteiger partial charge in [-0.25, -0.2) is 4.98 Å². The van der Waals surface area contributed by atoms with E-state index < -0.39 is 0 Å². The Labute approximate surface area is 93.1 Å². The third-order valence-corrected chi connectivity index (χ3v) is 1.93. The Morgan fingerprint density at radius 1 is 1.50 bits per heavy atom. The minimum atomic E-state index is 0.193. The van der Waals surface area contributed by atoms with Crippen LogP contribution >= 0.6 is 0 Å². The van der Waals surface area contributed by atoms with Crippen molar-refractivity contribution in [1.29, 1.82) is 0 Å². The summed E-state index contributed by atoms with van der Waals surface area (Å²) in [6, 6.07) is 1.65. The topological polar surface area (TPSA) is 78.9 Å². The Morgan fingerprint density at radius 3 is 3.12 bits per heavy atom. The van der Waals surface area contributed by atoms with Crippen molar-refractivity contribution in [3.05, 3.63) is 24.7 Å². The molecule has 0 radical (unpaired) electrons. The summed E-state index contributed by atoms with van der Waals surface area (Å²) in [6.07, 6.45) is 6.05. The number of aromatic nitrogens is 4. The smallest absolute Gasteiger partial charge is 0.224 e. The molecule has 0 fully saturated rings. The molecular weight excluding hydrogens is 206 g/mol. The lowest BCUT2D eigenvalue weighted by Crippen LogP contribution is -1.96. The quantitative estimate of drug-likeness (QED) is 0.842. The zero-order valence-corrected chi connectivity index (χ0v) is 9.00. The summed E-state index contributed by atoms with van der Waals surface area (Å²) in [6.45, 7) is 2.96. The van der Waals surface area contributed by atoms with E-state index in [1.54, 1.807) is 18.5 Å². The van der Waals surface area contributed by atoms with E-state index in [0.29, 0.717) is 11.6 Å². The molecule has 0 aromatic carbocycles. The molecule has 16 heavy (non-hydrogen) atoms. The predicted octanol–water partition coefficient (Wildman–Crippen LogP) is 1.46. The van der Waals surface area contributed by atoms with Crippen LogP contribution in [0.25, 0.3) is 0 Å². The van der Waals surface area contributed by atoms with E-state index in [2.05, 4.69) is 22.0 Å². The highest BCUT2D eigenvalue weighted by molar-refractivity contribution is 5.25. The van der Waals surface area contributed by atoms with Gasteiger partial charge in [-0.05, 0) is 6.42 Å². The first-order valence-corrected chi connectivity index (χ1v) is 5.07. The normalized spacial score (nSPS) is 10.3. The van der Waals surface area contributed by atoms with Crippen LogP contribution in [0.2, 0.25) is 0 Å². The average Bonchev–Trinajstić information content (AvgIpc) is 2.66. The Bertz CT molecular complexity index is 468. The van der Waals surface area contributed by atoms with Crippen LogP contribution in [0.4, 0.5) is 5.95 Å². The van der Waals surface area contributed by atoms with Gasteiger partial charge < -0.3 is 10.5 Å². The van der Waals surface area contributed by atoms with Crippen LogP contribution in [0.5, 0.6) is 11.6 Å². The van der Waals surface area contributed by atoms with Crippen molar-refractivity contribution >= 4 is 5.95 Å². The Balaban J connectivity index is 2.08. The average molecular weight is 219 g/mol. The molecule has 0 saturated carbocycles. The lowest BCUT2D eigenvalue weighted by Gasteiger charge is -2.00. The number of rotatable bonds is 4. The largest absolute Gasteiger partial charge is 0.436 e. The molecule has 0 atom stereocenters. The fourth-order valence-corrected chi connectivity index (χ4v) is 1.28. The van der Waals surface area contributed by atoms with Gasteiger partial charge in [0.25, 0.3) is 0 Å². The van der Waals surface area contributed by atoms with Crippen LogP contribution in [0.3, 0.4) is 0 Å². The molecule has 84 valence electrons. The third-order valence-electron chi connectivity index (χ3n) is 1.93. The standard InChI is InChI=1S/C10H13N5O/c1-2-5-15-7-8(6-13-15)16-9-3-4-12-10(11)14-9/h3-4,6-7H,2,5H2,1H3,(H2,11,12,14). The maximum Gasteiger partial charge on any atom is 0.224 e. The van der Waals surface area contributed by atoms with Crippen LogP contribution < -0.4 is 10.5 Å². The number of ether oxygens (including phenoxy) is 1. The van der Waals surface area contributed by atoms with Crippen LogP contribution in [0.15, 0.2) is 24.7 Å². The fraction of sp³-hybridized carbons (Fsp3) is 0.300. The van der Waals surface area contributed by atoms with Crippen molar-refractivity contribution in [1.82, 2.24) is 19.7 Å². The van der Waals surface area contributed by atoms with Crippen molar-refractivity contribution in [2.75, 3.05) is 5.73 Å². The molecule has 2 heterocycles. The molecule has 2 rings (SSSR count). The first kappa shape index (κ1) is 10.4. The first-order valence-electron chi connectivity index (χ1n) is 5.07. The van der Waals surface area contributed by atoms with E-state index in [0.717, 1.165) is 13.0 Å². The van der Waals surface area contributed by atoms with Crippen molar-refractivity contribution in [3.8, 4) is 11.6 Å². The van der Waals surface area contributed by atoms with E-state index in [4.69, 9.17) is 10.5 Å². The van der Waals surface area contributed by atoms with Crippen LogP contribution in [0, 0.1) is 0 Å². The number of nitrogens with zero attached hydrogens (tertiary/aromatic N) is 4. The van der Waals surface area contributed by atoms with Crippen LogP contribution in [0.1, 0.15) is 13.3 Å². The Kier molecular flexibility index (Phi) is 3.00. The minimum Gasteiger partial charge on any atom is -0.436 e. The molecule has 0 aliphatic rings. The molecule has 2 N–H and O–H groups in total. The van der Waals surface area contributed by atoms with Gasteiger partial charge in [0.05, 0.1) is 12.4 Å². The van der Waals surface area contributed by atoms with Crippen molar-refractivity contribution in [2.45, 2.75) is 19.9 Å². The van der Waals surface area contributed by atoms with Crippen molar-refractivity contribution in [3.63, 3.8) is 0 Å².